The lowest BCUT2D eigenvalue weighted by Gasteiger charge is -2.20. The number of carbonyl (C=O) groups is 1. The Morgan fingerprint density at radius 1 is 1.12 bits per heavy atom. The Kier molecular flexibility index (Phi) is 5.73. The molecule has 0 aliphatic rings. The molecule has 0 atom stereocenters. The largest absolute Gasteiger partial charge is 0.322 e. The van der Waals surface area contributed by atoms with Crippen molar-refractivity contribution in [1.29, 1.82) is 0 Å². The number of halogens is 2. The lowest BCUT2D eigenvalue weighted by molar-refractivity contribution is 0.102. The number of rotatable bonds is 4. The van der Waals surface area contributed by atoms with Gasteiger partial charge in [-0.3, -0.25) is 4.79 Å². The molecule has 25 heavy (non-hydrogen) atoms. The third kappa shape index (κ3) is 5.40. The number of anilines is 1. The van der Waals surface area contributed by atoms with Crippen molar-refractivity contribution >= 4 is 44.8 Å². The van der Waals surface area contributed by atoms with E-state index in [1.54, 1.807) is 26.8 Å². The molecule has 0 unspecified atom stereocenters. The summed E-state index contributed by atoms with van der Waals surface area (Å²) in [5.41, 5.74) is -0.180. The fourth-order valence-corrected chi connectivity index (χ4v) is 3.88. The van der Waals surface area contributed by atoms with Crippen LogP contribution in [0.3, 0.4) is 0 Å². The van der Waals surface area contributed by atoms with Gasteiger partial charge in [0.2, 0.25) is 10.0 Å². The SMILES string of the molecule is CC(C)(C)NS(=O)(=O)c1cccc(NC(=O)c2ccc(Cl)nc2Cl)c1. The Morgan fingerprint density at radius 2 is 1.80 bits per heavy atom. The van der Waals surface area contributed by atoms with Gasteiger partial charge in [-0.05, 0) is 51.1 Å². The van der Waals surface area contributed by atoms with Crippen molar-refractivity contribution in [2.24, 2.45) is 0 Å². The van der Waals surface area contributed by atoms with Crippen LogP contribution >= 0.6 is 23.2 Å². The minimum atomic E-state index is -3.71. The van der Waals surface area contributed by atoms with E-state index in [4.69, 9.17) is 23.2 Å². The van der Waals surface area contributed by atoms with E-state index in [0.717, 1.165) is 0 Å². The molecule has 0 saturated heterocycles. The maximum absolute atomic E-state index is 12.4. The molecule has 1 heterocycles. The highest BCUT2D eigenvalue weighted by molar-refractivity contribution is 7.89. The van der Waals surface area contributed by atoms with Crippen molar-refractivity contribution in [2.45, 2.75) is 31.2 Å². The minimum Gasteiger partial charge on any atom is -0.322 e. The molecule has 2 N–H and O–H groups in total. The van der Waals surface area contributed by atoms with E-state index < -0.39 is 21.5 Å². The third-order valence-corrected chi connectivity index (χ3v) is 5.16. The van der Waals surface area contributed by atoms with Gasteiger partial charge >= 0.3 is 0 Å². The van der Waals surface area contributed by atoms with E-state index in [1.165, 1.54) is 30.3 Å². The summed E-state index contributed by atoms with van der Waals surface area (Å²) in [5.74, 6) is -0.521. The van der Waals surface area contributed by atoms with Crippen LogP contribution in [0.15, 0.2) is 41.3 Å². The van der Waals surface area contributed by atoms with E-state index in [-0.39, 0.29) is 20.8 Å². The molecule has 1 amide bonds. The van der Waals surface area contributed by atoms with Gasteiger partial charge in [-0.2, -0.15) is 0 Å². The minimum absolute atomic E-state index is 0.0387. The number of hydrogen-bond acceptors (Lipinski definition) is 4. The Morgan fingerprint density at radius 3 is 2.40 bits per heavy atom. The number of aromatic nitrogens is 1. The number of nitrogens with zero attached hydrogens (tertiary/aromatic N) is 1. The van der Waals surface area contributed by atoms with E-state index in [0.29, 0.717) is 5.69 Å². The van der Waals surface area contributed by atoms with Crippen molar-refractivity contribution in [3.05, 3.63) is 52.3 Å². The van der Waals surface area contributed by atoms with Crippen LogP contribution in [0.1, 0.15) is 31.1 Å². The first-order valence-electron chi connectivity index (χ1n) is 7.25. The van der Waals surface area contributed by atoms with Crippen LogP contribution in [0.2, 0.25) is 10.3 Å². The lowest BCUT2D eigenvalue weighted by Crippen LogP contribution is -2.40. The Bertz CT molecular complexity index is 909. The summed E-state index contributed by atoms with van der Waals surface area (Å²) in [4.78, 5) is 16.1. The molecule has 0 aliphatic carbocycles. The van der Waals surface area contributed by atoms with E-state index in [2.05, 4.69) is 15.0 Å². The normalized spacial score (nSPS) is 12.0. The molecule has 1 aromatic carbocycles. The van der Waals surface area contributed by atoms with Gasteiger partial charge in [0.15, 0.2) is 0 Å². The van der Waals surface area contributed by atoms with Crippen LogP contribution in [0.25, 0.3) is 0 Å². The summed E-state index contributed by atoms with van der Waals surface area (Å²) in [7, 11) is -3.71. The summed E-state index contributed by atoms with van der Waals surface area (Å²) in [6.07, 6.45) is 0. The zero-order chi connectivity index (χ0) is 18.8. The molecular formula is C16H17Cl2N3O3S. The number of nitrogens with one attached hydrogen (secondary N) is 2. The molecule has 0 fully saturated rings. The number of sulfonamides is 1. The van der Waals surface area contributed by atoms with Gasteiger partial charge in [0.25, 0.3) is 5.91 Å². The summed E-state index contributed by atoms with van der Waals surface area (Å²) >= 11 is 11.6. The van der Waals surface area contributed by atoms with E-state index in [1.807, 2.05) is 0 Å². The quantitative estimate of drug-likeness (QED) is 0.763. The molecular weight excluding hydrogens is 385 g/mol. The van der Waals surface area contributed by atoms with Crippen molar-refractivity contribution < 1.29 is 13.2 Å². The lowest BCUT2D eigenvalue weighted by atomic mass is 10.1. The molecule has 134 valence electrons. The van der Waals surface area contributed by atoms with Gasteiger partial charge in [0, 0.05) is 11.2 Å². The third-order valence-electron chi connectivity index (χ3n) is 2.90. The Labute approximate surface area is 156 Å². The van der Waals surface area contributed by atoms with Crippen LogP contribution < -0.4 is 10.0 Å². The highest BCUT2D eigenvalue weighted by Crippen LogP contribution is 2.21. The molecule has 2 rings (SSSR count). The number of amides is 1. The second-order valence-corrected chi connectivity index (χ2v) is 8.74. The predicted octanol–water partition coefficient (Wildman–Crippen LogP) is 3.72. The summed E-state index contributed by atoms with van der Waals surface area (Å²) in [6.45, 7) is 5.23. The van der Waals surface area contributed by atoms with Gasteiger partial charge in [0.1, 0.15) is 10.3 Å². The zero-order valence-electron chi connectivity index (χ0n) is 13.8. The standard InChI is InChI=1S/C16H17Cl2N3O3S/c1-16(2,3)21-25(23,24)11-6-4-5-10(9-11)19-15(22)12-7-8-13(17)20-14(12)18/h4-9,21H,1-3H3,(H,19,22). The van der Waals surface area contributed by atoms with Crippen LogP contribution in [0, 0.1) is 0 Å². The van der Waals surface area contributed by atoms with Crippen LogP contribution in [-0.4, -0.2) is 24.8 Å². The number of hydrogen-bond donors (Lipinski definition) is 2. The first kappa shape index (κ1) is 19.7. The first-order valence-corrected chi connectivity index (χ1v) is 9.49. The smallest absolute Gasteiger partial charge is 0.258 e. The van der Waals surface area contributed by atoms with Gasteiger partial charge in [-0.15, -0.1) is 0 Å². The summed E-state index contributed by atoms with van der Waals surface area (Å²) in [5, 5.41) is 2.73. The number of benzene rings is 1. The average molecular weight is 402 g/mol. The second kappa shape index (κ2) is 7.29. The molecule has 0 saturated carbocycles. The van der Waals surface area contributed by atoms with Crippen molar-refractivity contribution in [3.8, 4) is 0 Å². The summed E-state index contributed by atoms with van der Waals surface area (Å²) in [6, 6.07) is 8.80. The molecule has 0 radical (unpaired) electrons. The highest BCUT2D eigenvalue weighted by Gasteiger charge is 2.22. The van der Waals surface area contributed by atoms with Gasteiger partial charge < -0.3 is 5.32 Å². The molecule has 6 nitrogen and oxygen atoms in total. The van der Waals surface area contributed by atoms with Gasteiger partial charge in [0.05, 0.1) is 10.5 Å². The molecule has 0 aliphatic heterocycles. The maximum atomic E-state index is 12.4. The molecule has 0 spiro atoms. The first-order chi connectivity index (χ1) is 11.5. The van der Waals surface area contributed by atoms with Crippen LogP contribution in [-0.2, 0) is 10.0 Å². The molecule has 2 aromatic rings. The Hall–Kier alpha value is -1.67. The summed E-state index contributed by atoms with van der Waals surface area (Å²) < 4.78 is 27.3. The molecule has 1 aromatic heterocycles. The topological polar surface area (TPSA) is 88.2 Å². The molecule has 0 bridgehead atoms. The predicted molar refractivity (Wildman–Crippen MR) is 98.7 cm³/mol. The van der Waals surface area contributed by atoms with Crippen LogP contribution in [0.4, 0.5) is 5.69 Å². The van der Waals surface area contributed by atoms with Gasteiger partial charge in [-0.25, -0.2) is 18.1 Å². The van der Waals surface area contributed by atoms with E-state index >= 15 is 0 Å². The fraction of sp³-hybridized carbons (Fsp3) is 0.250. The molecule has 9 heteroatoms. The average Bonchev–Trinajstić information content (AvgIpc) is 2.44. The van der Waals surface area contributed by atoms with Crippen molar-refractivity contribution in [3.63, 3.8) is 0 Å². The monoisotopic (exact) mass is 401 g/mol. The maximum Gasteiger partial charge on any atom is 0.258 e. The zero-order valence-corrected chi connectivity index (χ0v) is 16.1. The van der Waals surface area contributed by atoms with Crippen molar-refractivity contribution in [2.75, 3.05) is 5.32 Å². The van der Waals surface area contributed by atoms with Gasteiger partial charge in [-0.1, -0.05) is 29.3 Å². The van der Waals surface area contributed by atoms with E-state index in [9.17, 15) is 13.2 Å². The number of pyridine rings is 1. The second-order valence-electron chi connectivity index (χ2n) is 6.31. The Balaban J connectivity index is 2.26. The fourth-order valence-electron chi connectivity index (χ4n) is 1.98. The van der Waals surface area contributed by atoms with Crippen molar-refractivity contribution in [1.82, 2.24) is 9.71 Å². The highest BCUT2D eigenvalue weighted by atomic mass is 35.5. The van der Waals surface area contributed by atoms with Crippen LogP contribution in [0.5, 0.6) is 0 Å². The number of carbonyl (C=O) groups excluding carboxylic acids is 1.